The summed E-state index contributed by atoms with van der Waals surface area (Å²) < 4.78 is 14.2. The molecule has 0 spiro atoms. The van der Waals surface area contributed by atoms with Crippen LogP contribution in [0, 0.1) is 5.92 Å². The van der Waals surface area contributed by atoms with Crippen LogP contribution in [0.15, 0.2) is 38.7 Å². The third-order valence-corrected chi connectivity index (χ3v) is 7.54. The molecule has 9 nitrogen and oxygen atoms in total. The van der Waals surface area contributed by atoms with Gasteiger partial charge in [-0.3, -0.25) is 4.79 Å². The van der Waals surface area contributed by atoms with Gasteiger partial charge in [-0.2, -0.15) is 5.10 Å². The van der Waals surface area contributed by atoms with Crippen LogP contribution in [0.25, 0.3) is 11.0 Å². The number of nitrogens with zero attached hydrogens (tertiary/aromatic N) is 5. The molecule has 0 bridgehead atoms. The maximum absolute atomic E-state index is 12.9. The molecule has 0 saturated carbocycles. The van der Waals surface area contributed by atoms with Crippen LogP contribution in [0.1, 0.15) is 31.7 Å². The van der Waals surface area contributed by atoms with E-state index in [2.05, 4.69) is 25.0 Å². The first-order valence-electron chi connectivity index (χ1n) is 10.9. The highest BCUT2D eigenvalue weighted by atomic mass is 35.5. The van der Waals surface area contributed by atoms with E-state index in [1.807, 2.05) is 18.2 Å². The Kier molecular flexibility index (Phi) is 6.63. The van der Waals surface area contributed by atoms with Crippen molar-refractivity contribution >= 4 is 40.3 Å². The molecule has 0 aliphatic carbocycles. The molecule has 3 aromatic rings. The predicted octanol–water partition coefficient (Wildman–Crippen LogP) is 3.62. The first-order chi connectivity index (χ1) is 15.7. The molecular weight excluding hydrogens is 452 g/mol. The van der Waals surface area contributed by atoms with Crippen LogP contribution in [0.3, 0.4) is 0 Å². The molecule has 32 heavy (non-hydrogen) atoms. The van der Waals surface area contributed by atoms with Crippen LogP contribution < -0.4 is 10.9 Å². The number of anilines is 1. The summed E-state index contributed by atoms with van der Waals surface area (Å²) in [5, 5.41) is 15.8. The zero-order valence-corrected chi connectivity index (χ0v) is 19.1. The zero-order valence-electron chi connectivity index (χ0n) is 17.6. The van der Waals surface area contributed by atoms with Gasteiger partial charge in [-0.1, -0.05) is 17.7 Å². The molecule has 2 aliphatic heterocycles. The fourth-order valence-electron chi connectivity index (χ4n) is 4.22. The Morgan fingerprint density at radius 1 is 1.22 bits per heavy atom. The Morgan fingerprint density at radius 3 is 2.91 bits per heavy atom. The minimum atomic E-state index is -0.235. The largest absolute Gasteiger partial charge is 0.382 e. The number of benzene rings is 1. The van der Waals surface area contributed by atoms with Crippen LogP contribution in [-0.4, -0.2) is 57.2 Å². The van der Waals surface area contributed by atoms with Gasteiger partial charge in [-0.05, 0) is 66.0 Å². The van der Waals surface area contributed by atoms with Gasteiger partial charge >= 0.3 is 0 Å². The van der Waals surface area contributed by atoms with Crippen LogP contribution in [0.2, 0.25) is 5.02 Å². The Hall–Kier alpha value is -2.14. The van der Waals surface area contributed by atoms with Crippen molar-refractivity contribution in [2.45, 2.75) is 36.6 Å². The lowest BCUT2D eigenvalue weighted by Gasteiger charge is -2.31. The molecule has 1 N–H and O–H groups in total. The second-order valence-corrected chi connectivity index (χ2v) is 9.74. The summed E-state index contributed by atoms with van der Waals surface area (Å²) in [4.78, 5) is 13.9. The topological polar surface area (TPSA) is 98.3 Å². The first kappa shape index (κ1) is 21.7. The summed E-state index contributed by atoms with van der Waals surface area (Å²) in [7, 11) is 0. The molecular formula is C21H25ClN6O3S. The van der Waals surface area contributed by atoms with E-state index in [0.717, 1.165) is 74.5 Å². The lowest BCUT2D eigenvalue weighted by Crippen LogP contribution is -2.36. The Morgan fingerprint density at radius 2 is 2.09 bits per heavy atom. The highest BCUT2D eigenvalue weighted by Crippen LogP contribution is 2.33. The normalized spacial score (nSPS) is 20.6. The van der Waals surface area contributed by atoms with Gasteiger partial charge in [0, 0.05) is 26.2 Å². The van der Waals surface area contributed by atoms with Gasteiger partial charge in [0.15, 0.2) is 0 Å². The number of halogens is 1. The highest BCUT2D eigenvalue weighted by molar-refractivity contribution is 7.97. The lowest BCUT2D eigenvalue weighted by molar-refractivity contribution is 0.0595. The maximum atomic E-state index is 12.9. The molecule has 2 aliphatic rings. The molecule has 0 amide bonds. The number of rotatable bonds is 6. The van der Waals surface area contributed by atoms with Gasteiger partial charge in [0.1, 0.15) is 16.1 Å². The maximum Gasteiger partial charge on any atom is 0.287 e. The average Bonchev–Trinajstić information content (AvgIpc) is 3.32. The van der Waals surface area contributed by atoms with Gasteiger partial charge in [0.2, 0.25) is 0 Å². The number of fused-ring (bicyclic) bond motifs is 1. The Labute approximate surface area is 194 Å². The van der Waals surface area contributed by atoms with E-state index in [9.17, 15) is 4.79 Å². The van der Waals surface area contributed by atoms with Gasteiger partial charge in [-0.25, -0.2) is 13.6 Å². The van der Waals surface area contributed by atoms with E-state index in [1.54, 1.807) is 22.8 Å². The zero-order chi connectivity index (χ0) is 21.9. The second kappa shape index (κ2) is 9.78. The smallest absolute Gasteiger partial charge is 0.287 e. The monoisotopic (exact) mass is 476 g/mol. The molecule has 2 saturated heterocycles. The Bertz CT molecular complexity index is 1120. The van der Waals surface area contributed by atoms with Crippen molar-refractivity contribution in [1.29, 1.82) is 0 Å². The number of ether oxygens (including phenoxy) is 1. The lowest BCUT2D eigenvalue weighted by atomic mass is 10.0. The fourth-order valence-corrected chi connectivity index (χ4v) is 5.46. The summed E-state index contributed by atoms with van der Waals surface area (Å²) in [6, 6.07) is 5.87. The van der Waals surface area contributed by atoms with Crippen molar-refractivity contribution in [1.82, 2.24) is 24.4 Å². The van der Waals surface area contributed by atoms with E-state index in [-0.39, 0.29) is 16.6 Å². The summed E-state index contributed by atoms with van der Waals surface area (Å²) in [5.41, 5.74) is 1.88. The van der Waals surface area contributed by atoms with Gasteiger partial charge in [-0.15, -0.1) is 0 Å². The van der Waals surface area contributed by atoms with Crippen LogP contribution >= 0.6 is 23.5 Å². The number of nitrogens with one attached hydrogen (secondary N) is 1. The molecule has 0 radical (unpaired) electrons. The SMILES string of the molecule is O=c1c(Cl)c(NCC2CCCOC2)cnn1C1CCN(Sc2cccc3nonc23)CC1. The first-order valence-corrected chi connectivity index (χ1v) is 12.1. The standard InChI is InChI=1S/C21H25ClN6O3S/c22-19-17(23-11-14-3-2-10-30-13-14)12-24-28(21(19)29)15-6-8-27(9-7-15)32-18-5-1-4-16-20(18)26-31-25-16/h1,4-5,12,14-15,23H,2-3,6-11,13H2. The minimum absolute atomic E-state index is 0.0298. The molecule has 11 heteroatoms. The van der Waals surface area contributed by atoms with E-state index in [4.69, 9.17) is 21.0 Å². The number of aromatic nitrogens is 4. The van der Waals surface area contributed by atoms with Crippen molar-refractivity contribution in [3.63, 3.8) is 0 Å². The molecule has 1 atom stereocenters. The van der Waals surface area contributed by atoms with Crippen molar-refractivity contribution < 1.29 is 9.37 Å². The minimum Gasteiger partial charge on any atom is -0.382 e. The average molecular weight is 477 g/mol. The van der Waals surface area contributed by atoms with E-state index in [0.29, 0.717) is 11.6 Å². The summed E-state index contributed by atoms with van der Waals surface area (Å²) in [6.07, 6.45) is 5.49. The van der Waals surface area contributed by atoms with Crippen molar-refractivity contribution in [3.05, 3.63) is 39.8 Å². The van der Waals surface area contributed by atoms with E-state index >= 15 is 0 Å². The van der Waals surface area contributed by atoms with Crippen LogP contribution in [0.5, 0.6) is 0 Å². The third-order valence-electron chi connectivity index (χ3n) is 6.03. The number of piperidine rings is 1. The molecule has 1 unspecified atom stereocenters. The van der Waals surface area contributed by atoms with Gasteiger partial charge < -0.3 is 10.1 Å². The molecule has 4 heterocycles. The van der Waals surface area contributed by atoms with E-state index in [1.165, 1.54) is 0 Å². The van der Waals surface area contributed by atoms with Crippen LogP contribution in [0.4, 0.5) is 5.69 Å². The van der Waals surface area contributed by atoms with Crippen molar-refractivity contribution in [3.8, 4) is 0 Å². The van der Waals surface area contributed by atoms with Gasteiger partial charge in [0.25, 0.3) is 5.56 Å². The van der Waals surface area contributed by atoms with Crippen molar-refractivity contribution in [2.75, 3.05) is 38.2 Å². The number of hydrogen-bond donors (Lipinski definition) is 1. The van der Waals surface area contributed by atoms with E-state index < -0.39 is 0 Å². The molecule has 2 aromatic heterocycles. The quantitative estimate of drug-likeness (QED) is 0.535. The molecule has 170 valence electrons. The summed E-state index contributed by atoms with van der Waals surface area (Å²) >= 11 is 8.06. The second-order valence-electron chi connectivity index (χ2n) is 8.23. The summed E-state index contributed by atoms with van der Waals surface area (Å²) in [5.74, 6) is 0.433. The summed E-state index contributed by atoms with van der Waals surface area (Å²) in [6.45, 7) is 3.95. The van der Waals surface area contributed by atoms with Crippen LogP contribution in [-0.2, 0) is 4.74 Å². The third kappa shape index (κ3) is 4.63. The van der Waals surface area contributed by atoms with Crippen molar-refractivity contribution in [2.24, 2.45) is 5.92 Å². The number of hydrogen-bond acceptors (Lipinski definition) is 9. The molecule has 1 aromatic carbocycles. The molecule has 5 rings (SSSR count). The van der Waals surface area contributed by atoms with Gasteiger partial charge in [0.05, 0.1) is 29.4 Å². The predicted molar refractivity (Wildman–Crippen MR) is 123 cm³/mol. The highest BCUT2D eigenvalue weighted by Gasteiger charge is 2.25. The Balaban J connectivity index is 1.20. The molecule has 2 fully saturated rings. The fraction of sp³-hybridized carbons (Fsp3) is 0.524.